The van der Waals surface area contributed by atoms with E-state index in [1.807, 2.05) is 34.1 Å². The molecule has 44 heavy (non-hydrogen) atoms. The minimum Gasteiger partial charge on any atom is -0.484 e. The van der Waals surface area contributed by atoms with Crippen LogP contribution in [0, 0.1) is 5.92 Å². The van der Waals surface area contributed by atoms with Crippen LogP contribution in [0.25, 0.3) is 0 Å². The van der Waals surface area contributed by atoms with Crippen molar-refractivity contribution in [2.75, 3.05) is 63.1 Å². The van der Waals surface area contributed by atoms with Gasteiger partial charge < -0.3 is 29.7 Å². The second-order valence-electron chi connectivity index (χ2n) is 13.1. The van der Waals surface area contributed by atoms with E-state index in [0.717, 1.165) is 38.2 Å². The van der Waals surface area contributed by atoms with Gasteiger partial charge in [-0.2, -0.15) is 0 Å². The number of nitrogens with one attached hydrogen (secondary N) is 1. The summed E-state index contributed by atoms with van der Waals surface area (Å²) in [5.74, 6) is 1.16. The number of likely N-dealkylation sites (tertiary alicyclic amines) is 1. The molecule has 0 aliphatic carbocycles. The van der Waals surface area contributed by atoms with E-state index in [9.17, 15) is 14.4 Å². The van der Waals surface area contributed by atoms with Crippen molar-refractivity contribution in [1.29, 1.82) is 0 Å². The van der Waals surface area contributed by atoms with E-state index in [-0.39, 0.29) is 35.9 Å². The van der Waals surface area contributed by atoms with Gasteiger partial charge in [0.25, 0.3) is 0 Å². The smallest absolute Gasteiger partial charge is 0.237 e. The molecule has 4 heterocycles. The van der Waals surface area contributed by atoms with Gasteiger partial charge in [-0.25, -0.2) is 0 Å². The number of carbonyl (C=O) groups is 3. The number of carbonyl (C=O) groups excluding carboxylic acids is 3. The van der Waals surface area contributed by atoms with Crippen molar-refractivity contribution in [1.82, 2.24) is 14.7 Å². The Labute approximate surface area is 265 Å². The largest absolute Gasteiger partial charge is 0.484 e. The summed E-state index contributed by atoms with van der Waals surface area (Å²) >= 11 is 1.63. The average molecular weight is 620 g/mol. The fraction of sp³-hybridized carbons (Fsp3) is 0.559. The van der Waals surface area contributed by atoms with Gasteiger partial charge in [-0.05, 0) is 37.6 Å². The number of benzene rings is 2. The maximum Gasteiger partial charge on any atom is 0.237 e. The molecule has 0 saturated carbocycles. The molecule has 9 nitrogen and oxygen atoms in total. The van der Waals surface area contributed by atoms with Crippen molar-refractivity contribution < 1.29 is 19.1 Å². The summed E-state index contributed by atoms with van der Waals surface area (Å²) in [6, 6.07) is 16.0. The molecule has 1 N–H and O–H groups in total. The molecule has 236 valence electrons. The van der Waals surface area contributed by atoms with Crippen LogP contribution in [0.1, 0.15) is 56.9 Å². The maximum atomic E-state index is 13.9. The van der Waals surface area contributed by atoms with Crippen LogP contribution >= 0.6 is 11.8 Å². The molecule has 6 rings (SSSR count). The first-order valence-corrected chi connectivity index (χ1v) is 17.0. The van der Waals surface area contributed by atoms with Gasteiger partial charge in [0, 0.05) is 76.3 Å². The molecule has 0 aromatic heterocycles. The monoisotopic (exact) mass is 619 g/mol. The van der Waals surface area contributed by atoms with Gasteiger partial charge in [0.2, 0.25) is 17.7 Å². The summed E-state index contributed by atoms with van der Waals surface area (Å²) in [7, 11) is 2.16. The number of para-hydroxylation sites is 3. The second kappa shape index (κ2) is 13.0. The predicted octanol–water partition coefficient (Wildman–Crippen LogP) is 4.60. The first kappa shape index (κ1) is 30.8. The third-order valence-electron chi connectivity index (χ3n) is 9.49. The Morgan fingerprint density at radius 3 is 2.45 bits per heavy atom. The van der Waals surface area contributed by atoms with Crippen molar-refractivity contribution in [3.05, 3.63) is 54.1 Å². The van der Waals surface area contributed by atoms with Crippen LogP contribution in [-0.4, -0.2) is 96.1 Å². The van der Waals surface area contributed by atoms with E-state index in [0.29, 0.717) is 49.8 Å². The number of rotatable bonds is 7. The van der Waals surface area contributed by atoms with E-state index in [1.165, 1.54) is 5.69 Å². The molecule has 2 aromatic carbocycles. The molecule has 10 heteroatoms. The predicted molar refractivity (Wildman–Crippen MR) is 175 cm³/mol. The zero-order valence-electron chi connectivity index (χ0n) is 26.2. The molecule has 4 aliphatic rings. The van der Waals surface area contributed by atoms with Crippen LogP contribution in [0.4, 0.5) is 11.4 Å². The molecule has 2 unspecified atom stereocenters. The number of thioether (sulfide) groups is 1. The first-order chi connectivity index (χ1) is 21.2. The molecule has 0 radical (unpaired) electrons. The minimum absolute atomic E-state index is 0.000913. The van der Waals surface area contributed by atoms with Crippen LogP contribution in [0.2, 0.25) is 0 Å². The Balaban J connectivity index is 1.14. The van der Waals surface area contributed by atoms with Crippen molar-refractivity contribution >= 4 is 40.9 Å². The van der Waals surface area contributed by atoms with Crippen molar-refractivity contribution in [3.8, 4) is 5.75 Å². The topological polar surface area (TPSA) is 85.4 Å². The summed E-state index contributed by atoms with van der Waals surface area (Å²) in [5, 5.41) is 2.42. The zero-order valence-corrected chi connectivity index (χ0v) is 27.0. The fourth-order valence-corrected chi connectivity index (χ4v) is 8.27. The summed E-state index contributed by atoms with van der Waals surface area (Å²) in [4.78, 5) is 49.0. The summed E-state index contributed by atoms with van der Waals surface area (Å²) in [6.07, 6.45) is 2.53. The van der Waals surface area contributed by atoms with Crippen LogP contribution in [0.5, 0.6) is 5.75 Å². The van der Waals surface area contributed by atoms with Crippen molar-refractivity contribution in [2.24, 2.45) is 5.92 Å². The maximum absolute atomic E-state index is 13.9. The number of piperazine rings is 1. The van der Waals surface area contributed by atoms with Gasteiger partial charge in [0.1, 0.15) is 16.7 Å². The fourth-order valence-electron chi connectivity index (χ4n) is 6.77. The number of likely N-dealkylation sites (N-methyl/N-ethyl adjacent to an activating group) is 1. The quantitative estimate of drug-likeness (QED) is 0.485. The lowest BCUT2D eigenvalue weighted by Gasteiger charge is -2.40. The van der Waals surface area contributed by atoms with Crippen LogP contribution in [-0.2, 0) is 14.4 Å². The molecule has 2 aromatic rings. The second-order valence-corrected chi connectivity index (χ2v) is 14.4. The Morgan fingerprint density at radius 1 is 1.00 bits per heavy atom. The van der Waals surface area contributed by atoms with Gasteiger partial charge in [-0.15, -0.1) is 11.8 Å². The summed E-state index contributed by atoms with van der Waals surface area (Å²) in [5.41, 5.74) is 2.42. The number of ether oxygens (including phenoxy) is 1. The Morgan fingerprint density at radius 2 is 1.70 bits per heavy atom. The van der Waals surface area contributed by atoms with Gasteiger partial charge in [0.05, 0.1) is 17.4 Å². The molecule has 3 amide bonds. The van der Waals surface area contributed by atoms with Crippen LogP contribution in [0.3, 0.4) is 0 Å². The lowest BCUT2D eigenvalue weighted by molar-refractivity contribution is -0.138. The van der Waals surface area contributed by atoms with Crippen LogP contribution < -0.4 is 15.0 Å². The standard InChI is InChI=1S/C34H45N5O4S/c1-24(2)12-15-39-32(42)29(44-33(39)25-8-4-6-10-27(25)37-20-18-36(3)19-21-37)22-31(41)38-16-13-34(14-17-38)23-30(40)35-26-9-5-7-11-28(26)43-34/h4-11,24,29,33H,12-23H2,1-3H3,(H,35,40). The minimum atomic E-state index is -0.628. The Hall–Kier alpha value is -3.24. The molecule has 2 atom stereocenters. The number of piperidine rings is 1. The van der Waals surface area contributed by atoms with Gasteiger partial charge in [-0.1, -0.05) is 44.2 Å². The highest BCUT2D eigenvalue weighted by Crippen LogP contribution is 2.48. The lowest BCUT2D eigenvalue weighted by atomic mass is 9.87. The number of nitrogens with zero attached hydrogens (tertiary/aromatic N) is 4. The first-order valence-electron chi connectivity index (χ1n) is 16.1. The molecule has 4 aliphatic heterocycles. The molecule has 3 fully saturated rings. The number of anilines is 2. The third kappa shape index (κ3) is 6.56. The highest BCUT2D eigenvalue weighted by atomic mass is 32.2. The highest BCUT2D eigenvalue weighted by Gasteiger charge is 2.45. The zero-order chi connectivity index (χ0) is 30.8. The summed E-state index contributed by atoms with van der Waals surface area (Å²) in [6.45, 7) is 10.0. The SMILES string of the molecule is CC(C)CCN1C(=O)C(CC(=O)N2CCC3(CC2)CC(=O)Nc2ccccc2O3)SC1c1ccccc1N1CCN(C)CC1. The van der Waals surface area contributed by atoms with Crippen LogP contribution in [0.15, 0.2) is 48.5 Å². The van der Waals surface area contributed by atoms with Gasteiger partial charge in [-0.3, -0.25) is 14.4 Å². The van der Waals surface area contributed by atoms with E-state index < -0.39 is 10.9 Å². The third-order valence-corrected chi connectivity index (χ3v) is 10.9. The number of hydrogen-bond acceptors (Lipinski definition) is 7. The molecule has 0 bridgehead atoms. The molecule has 1 spiro atoms. The lowest BCUT2D eigenvalue weighted by Crippen LogP contribution is -2.51. The Kier molecular flexibility index (Phi) is 9.10. The van der Waals surface area contributed by atoms with Gasteiger partial charge >= 0.3 is 0 Å². The van der Waals surface area contributed by atoms with Crippen molar-refractivity contribution in [3.63, 3.8) is 0 Å². The molecular formula is C34H45N5O4S. The normalized spacial score (nSPS) is 23.9. The Bertz CT molecular complexity index is 1370. The highest BCUT2D eigenvalue weighted by molar-refractivity contribution is 8.01. The summed E-state index contributed by atoms with van der Waals surface area (Å²) < 4.78 is 6.43. The average Bonchev–Trinajstić information content (AvgIpc) is 3.23. The van der Waals surface area contributed by atoms with E-state index in [4.69, 9.17) is 4.74 Å². The number of amides is 3. The number of fused-ring (bicyclic) bond motifs is 1. The van der Waals surface area contributed by atoms with Gasteiger partial charge in [0.15, 0.2) is 0 Å². The van der Waals surface area contributed by atoms with E-state index in [1.54, 1.807) is 11.8 Å². The number of hydrogen-bond donors (Lipinski definition) is 1. The van der Waals surface area contributed by atoms with Crippen molar-refractivity contribution in [2.45, 2.75) is 62.2 Å². The van der Waals surface area contributed by atoms with E-state index >= 15 is 0 Å². The molecule has 3 saturated heterocycles. The van der Waals surface area contributed by atoms with E-state index in [2.05, 4.69) is 60.3 Å². The molecular weight excluding hydrogens is 574 g/mol.